The summed E-state index contributed by atoms with van der Waals surface area (Å²) in [6.07, 6.45) is 11.0. The third-order valence-corrected chi connectivity index (χ3v) is 7.96. The van der Waals surface area contributed by atoms with E-state index in [0.29, 0.717) is 30.9 Å². The van der Waals surface area contributed by atoms with E-state index in [2.05, 4.69) is 23.4 Å². The van der Waals surface area contributed by atoms with Gasteiger partial charge in [-0.3, -0.25) is 9.63 Å². The van der Waals surface area contributed by atoms with E-state index in [-0.39, 0.29) is 18.9 Å². The summed E-state index contributed by atoms with van der Waals surface area (Å²) in [7, 11) is 0. The van der Waals surface area contributed by atoms with Crippen molar-refractivity contribution in [2.24, 2.45) is 5.92 Å². The van der Waals surface area contributed by atoms with Gasteiger partial charge in [-0.15, -0.1) is 0 Å². The Labute approximate surface area is 250 Å². The number of aryl methyl sites for hydroxylation is 1. The molecule has 0 heterocycles. The summed E-state index contributed by atoms with van der Waals surface area (Å²) >= 11 is 1.54. The Morgan fingerprint density at radius 2 is 1.87 bits per heavy atom. The van der Waals surface area contributed by atoms with Crippen LogP contribution in [-0.2, 0) is 16.2 Å². The summed E-state index contributed by atoms with van der Waals surface area (Å²) in [6, 6.07) is 12.7. The van der Waals surface area contributed by atoms with Gasteiger partial charge in [0.05, 0.1) is 18.6 Å². The van der Waals surface area contributed by atoms with Crippen molar-refractivity contribution in [2.75, 3.05) is 25.2 Å². The predicted molar refractivity (Wildman–Crippen MR) is 154 cm³/mol. The molecule has 1 aliphatic rings. The molecule has 1 saturated carbocycles. The third-order valence-electron chi connectivity index (χ3n) is 7.31. The molecule has 1 atom stereocenters. The van der Waals surface area contributed by atoms with Crippen molar-refractivity contribution in [1.29, 1.82) is 0 Å². The Kier molecular flexibility index (Phi) is 15.3. The molecule has 0 bridgehead atoms. The molecule has 0 spiro atoms. The standard InChI is InChI=1S/C31H44N2O4S.Li/c1-4-19-37-33(18-16-24-11-6-5-7-12-24)22-25-14-15-27(28(21-25)26-13-9-8-10-23(26)2)30(34)32-29(31(35)36)17-20-38-3;/h8-10,13-15,21,24,29H,4-7,11-12,16-20,22H2,1-3H3,(H,32,34)(H,35,36);/q;+1/p-1/t29-;/m0./s1. The summed E-state index contributed by atoms with van der Waals surface area (Å²) < 4.78 is 0. The zero-order valence-electron chi connectivity index (χ0n) is 24.2. The van der Waals surface area contributed by atoms with Gasteiger partial charge in [0.1, 0.15) is 0 Å². The second-order valence-electron chi connectivity index (χ2n) is 10.3. The van der Waals surface area contributed by atoms with Gasteiger partial charge in [-0.1, -0.05) is 69.4 Å². The Bertz CT molecular complexity index is 1040. The van der Waals surface area contributed by atoms with Gasteiger partial charge < -0.3 is 15.2 Å². The van der Waals surface area contributed by atoms with Gasteiger partial charge in [0.25, 0.3) is 5.91 Å². The molecule has 0 radical (unpaired) electrons. The average Bonchev–Trinajstić information content (AvgIpc) is 2.93. The van der Waals surface area contributed by atoms with E-state index in [1.54, 1.807) is 0 Å². The van der Waals surface area contributed by atoms with Crippen molar-refractivity contribution < 1.29 is 38.4 Å². The number of nitrogens with zero attached hydrogens (tertiary/aromatic N) is 1. The fraction of sp³-hybridized carbons (Fsp3) is 0.548. The molecule has 208 valence electrons. The van der Waals surface area contributed by atoms with Gasteiger partial charge in [0.15, 0.2) is 0 Å². The number of carbonyl (C=O) groups is 2. The van der Waals surface area contributed by atoms with Crippen LogP contribution in [-0.4, -0.2) is 48.1 Å². The molecular formula is C31H43LiN2O4S. The van der Waals surface area contributed by atoms with Gasteiger partial charge >= 0.3 is 18.9 Å². The first-order valence-electron chi connectivity index (χ1n) is 14.0. The average molecular weight is 547 g/mol. The minimum Gasteiger partial charge on any atom is -0.548 e. The van der Waals surface area contributed by atoms with Gasteiger partial charge in [-0.2, -0.15) is 16.8 Å². The number of hydroxylamine groups is 2. The van der Waals surface area contributed by atoms with Gasteiger partial charge in [0, 0.05) is 18.7 Å². The van der Waals surface area contributed by atoms with Crippen LogP contribution in [0.1, 0.15) is 79.8 Å². The van der Waals surface area contributed by atoms with Gasteiger partial charge in [-0.05, 0) is 78.5 Å². The SMILES string of the molecule is CCCON(CCC1CCCCC1)Cc1ccc(C(=O)N[C@@H](CCSC)C(=O)[O-])c(-c2ccccc2C)c1.[Li+]. The summed E-state index contributed by atoms with van der Waals surface area (Å²) in [5, 5.41) is 16.4. The van der Waals surface area contributed by atoms with E-state index in [4.69, 9.17) is 4.84 Å². The van der Waals surface area contributed by atoms with Crippen molar-refractivity contribution in [3.63, 3.8) is 0 Å². The molecule has 1 N–H and O–H groups in total. The van der Waals surface area contributed by atoms with E-state index in [0.717, 1.165) is 47.6 Å². The van der Waals surface area contributed by atoms with Crippen molar-refractivity contribution in [1.82, 2.24) is 10.4 Å². The fourth-order valence-electron chi connectivity index (χ4n) is 5.12. The molecular weight excluding hydrogens is 503 g/mol. The first-order chi connectivity index (χ1) is 18.4. The Balaban J connectivity index is 0.00000533. The monoisotopic (exact) mass is 546 g/mol. The smallest absolute Gasteiger partial charge is 0.548 e. The maximum atomic E-state index is 13.3. The predicted octanol–water partition coefficient (Wildman–Crippen LogP) is 2.38. The maximum Gasteiger partial charge on any atom is 1.00 e. The second kappa shape index (κ2) is 17.8. The number of amides is 1. The molecule has 8 heteroatoms. The Morgan fingerprint density at radius 3 is 2.54 bits per heavy atom. The number of thioether (sulfide) groups is 1. The minimum absolute atomic E-state index is 0. The minimum atomic E-state index is -1.26. The zero-order valence-corrected chi connectivity index (χ0v) is 25.0. The van der Waals surface area contributed by atoms with Crippen molar-refractivity contribution in [3.8, 4) is 11.1 Å². The normalized spacial score (nSPS) is 14.6. The molecule has 3 rings (SSSR count). The number of carboxylic acids is 1. The zero-order chi connectivity index (χ0) is 27.3. The van der Waals surface area contributed by atoms with E-state index in [1.165, 1.54) is 43.9 Å². The van der Waals surface area contributed by atoms with Crippen LogP contribution < -0.4 is 29.3 Å². The summed E-state index contributed by atoms with van der Waals surface area (Å²) in [5.41, 5.74) is 4.31. The number of benzene rings is 2. The number of rotatable bonds is 15. The van der Waals surface area contributed by atoms with Crippen LogP contribution in [0.25, 0.3) is 11.1 Å². The summed E-state index contributed by atoms with van der Waals surface area (Å²) in [6.45, 7) is 6.32. The number of nitrogens with one attached hydrogen (secondary N) is 1. The van der Waals surface area contributed by atoms with Gasteiger partial charge in [-0.25, -0.2) is 0 Å². The van der Waals surface area contributed by atoms with Crippen LogP contribution in [0.5, 0.6) is 0 Å². The second-order valence-corrected chi connectivity index (χ2v) is 11.3. The molecule has 0 saturated heterocycles. The van der Waals surface area contributed by atoms with Crippen LogP contribution in [0.4, 0.5) is 0 Å². The third kappa shape index (κ3) is 10.6. The van der Waals surface area contributed by atoms with Crippen LogP contribution >= 0.6 is 11.8 Å². The number of aliphatic carboxylic acids is 1. The molecule has 1 fully saturated rings. The number of hydrogen-bond donors (Lipinski definition) is 1. The van der Waals surface area contributed by atoms with Gasteiger partial charge in [0.2, 0.25) is 0 Å². The van der Waals surface area contributed by atoms with Crippen molar-refractivity contribution in [3.05, 3.63) is 59.2 Å². The van der Waals surface area contributed by atoms with E-state index in [1.807, 2.05) is 49.6 Å². The molecule has 2 aromatic carbocycles. The molecule has 6 nitrogen and oxygen atoms in total. The summed E-state index contributed by atoms with van der Waals surface area (Å²) in [4.78, 5) is 31.1. The largest absolute Gasteiger partial charge is 1.00 e. The van der Waals surface area contributed by atoms with Crippen molar-refractivity contribution in [2.45, 2.75) is 77.8 Å². The number of carboxylic acid groups (broad SMARTS) is 1. The van der Waals surface area contributed by atoms with Crippen molar-refractivity contribution >= 4 is 23.6 Å². The van der Waals surface area contributed by atoms with Crippen LogP contribution in [0.3, 0.4) is 0 Å². The molecule has 39 heavy (non-hydrogen) atoms. The summed E-state index contributed by atoms with van der Waals surface area (Å²) in [5.74, 6) is -0.269. The first-order valence-corrected chi connectivity index (χ1v) is 15.4. The van der Waals surface area contributed by atoms with Crippen LogP contribution in [0.15, 0.2) is 42.5 Å². The van der Waals surface area contributed by atoms with E-state index < -0.39 is 17.9 Å². The quantitative estimate of drug-likeness (QED) is 0.273. The molecule has 2 aromatic rings. The number of carbonyl (C=O) groups excluding carboxylic acids is 2. The Hall–Kier alpha value is -1.75. The van der Waals surface area contributed by atoms with E-state index >= 15 is 0 Å². The fourth-order valence-corrected chi connectivity index (χ4v) is 5.59. The van der Waals surface area contributed by atoms with E-state index in [9.17, 15) is 14.7 Å². The Morgan fingerprint density at radius 1 is 1.13 bits per heavy atom. The van der Waals surface area contributed by atoms with Crippen LogP contribution in [0, 0.1) is 12.8 Å². The first kappa shape index (κ1) is 33.5. The topological polar surface area (TPSA) is 81.7 Å². The molecule has 1 aliphatic carbocycles. The molecule has 0 aromatic heterocycles. The van der Waals surface area contributed by atoms with Crippen LogP contribution in [0.2, 0.25) is 0 Å². The number of hydrogen-bond acceptors (Lipinski definition) is 6. The molecule has 1 amide bonds. The molecule has 0 unspecified atom stereocenters. The molecule has 0 aliphatic heterocycles. The maximum absolute atomic E-state index is 13.3.